The normalized spacial score (nSPS) is 27.0. The molecular formula is C15H22N2O2. The first-order valence-corrected chi connectivity index (χ1v) is 6.97. The summed E-state index contributed by atoms with van der Waals surface area (Å²) >= 11 is 0. The van der Waals surface area contributed by atoms with E-state index in [4.69, 9.17) is 0 Å². The number of nitro benzene ring substituents is 1. The number of nitrogens with one attached hydrogen (secondary N) is 1. The molecule has 0 bridgehead atoms. The SMILES string of the molecule is Cc1cc(NC2CC(C)CC(C)C2)ccc1[N+](=O)[O-]. The topological polar surface area (TPSA) is 55.2 Å². The number of nitro groups is 1. The lowest BCUT2D eigenvalue weighted by atomic mass is 9.80. The van der Waals surface area contributed by atoms with E-state index >= 15 is 0 Å². The third-order valence-electron chi connectivity index (χ3n) is 3.94. The summed E-state index contributed by atoms with van der Waals surface area (Å²) in [6.45, 7) is 6.38. The van der Waals surface area contributed by atoms with Gasteiger partial charge in [-0.15, -0.1) is 0 Å². The monoisotopic (exact) mass is 262 g/mol. The predicted octanol–water partition coefficient (Wildman–Crippen LogP) is 4.14. The number of rotatable bonds is 3. The summed E-state index contributed by atoms with van der Waals surface area (Å²) in [7, 11) is 0. The van der Waals surface area contributed by atoms with Crippen molar-refractivity contribution in [3.8, 4) is 0 Å². The van der Waals surface area contributed by atoms with Crippen molar-refractivity contribution in [1.82, 2.24) is 0 Å². The molecule has 1 aliphatic carbocycles. The molecule has 1 aromatic carbocycles. The lowest BCUT2D eigenvalue weighted by molar-refractivity contribution is -0.385. The minimum absolute atomic E-state index is 0.191. The average Bonchev–Trinajstić information content (AvgIpc) is 2.26. The second kappa shape index (κ2) is 5.59. The van der Waals surface area contributed by atoms with Crippen LogP contribution in [0.5, 0.6) is 0 Å². The van der Waals surface area contributed by atoms with Gasteiger partial charge in [0, 0.05) is 23.4 Å². The van der Waals surface area contributed by atoms with E-state index in [1.165, 1.54) is 19.3 Å². The Bertz CT molecular complexity index is 463. The van der Waals surface area contributed by atoms with E-state index in [1.807, 2.05) is 12.1 Å². The summed E-state index contributed by atoms with van der Waals surface area (Å²) in [6, 6.07) is 5.77. The summed E-state index contributed by atoms with van der Waals surface area (Å²) in [5.41, 5.74) is 1.90. The van der Waals surface area contributed by atoms with Crippen LogP contribution in [0, 0.1) is 28.9 Å². The minimum Gasteiger partial charge on any atom is -0.382 e. The van der Waals surface area contributed by atoms with E-state index in [9.17, 15) is 10.1 Å². The summed E-state index contributed by atoms with van der Waals surface area (Å²) in [5, 5.41) is 14.3. The molecule has 0 radical (unpaired) electrons. The van der Waals surface area contributed by atoms with Crippen LogP contribution < -0.4 is 5.32 Å². The minimum atomic E-state index is -0.329. The Morgan fingerprint density at radius 2 is 1.84 bits per heavy atom. The molecule has 1 aromatic rings. The number of hydrogen-bond donors (Lipinski definition) is 1. The molecule has 0 aliphatic heterocycles. The Morgan fingerprint density at radius 1 is 1.21 bits per heavy atom. The fourth-order valence-corrected chi connectivity index (χ4v) is 3.25. The Labute approximate surface area is 114 Å². The lowest BCUT2D eigenvalue weighted by Crippen LogP contribution is -2.30. The second-order valence-corrected chi connectivity index (χ2v) is 6.02. The van der Waals surface area contributed by atoms with E-state index in [0.717, 1.165) is 17.5 Å². The van der Waals surface area contributed by atoms with Crippen LogP contribution in [0.15, 0.2) is 18.2 Å². The van der Waals surface area contributed by atoms with Crippen LogP contribution in [-0.4, -0.2) is 11.0 Å². The van der Waals surface area contributed by atoms with Crippen molar-refractivity contribution in [3.05, 3.63) is 33.9 Å². The van der Waals surface area contributed by atoms with Gasteiger partial charge in [0.1, 0.15) is 0 Å². The van der Waals surface area contributed by atoms with Crippen molar-refractivity contribution in [2.24, 2.45) is 11.8 Å². The third kappa shape index (κ3) is 3.46. The van der Waals surface area contributed by atoms with Crippen LogP contribution in [0.1, 0.15) is 38.7 Å². The van der Waals surface area contributed by atoms with Gasteiger partial charge in [0.05, 0.1) is 4.92 Å². The third-order valence-corrected chi connectivity index (χ3v) is 3.94. The van der Waals surface area contributed by atoms with Gasteiger partial charge in [0.2, 0.25) is 0 Å². The van der Waals surface area contributed by atoms with Crippen LogP contribution in [0.2, 0.25) is 0 Å². The number of anilines is 1. The summed E-state index contributed by atoms with van der Waals surface area (Å²) < 4.78 is 0. The first kappa shape index (κ1) is 13.8. The molecule has 0 amide bonds. The molecular weight excluding hydrogens is 240 g/mol. The molecule has 0 spiro atoms. The second-order valence-electron chi connectivity index (χ2n) is 6.02. The molecule has 1 aliphatic rings. The molecule has 19 heavy (non-hydrogen) atoms. The highest BCUT2D eigenvalue weighted by molar-refractivity contribution is 5.54. The van der Waals surface area contributed by atoms with Crippen LogP contribution in [0.25, 0.3) is 0 Å². The van der Waals surface area contributed by atoms with Gasteiger partial charge in [-0.1, -0.05) is 13.8 Å². The maximum Gasteiger partial charge on any atom is 0.272 e. The van der Waals surface area contributed by atoms with Crippen LogP contribution in [-0.2, 0) is 0 Å². The highest BCUT2D eigenvalue weighted by Gasteiger charge is 2.24. The van der Waals surface area contributed by atoms with Crippen molar-refractivity contribution in [1.29, 1.82) is 0 Å². The van der Waals surface area contributed by atoms with E-state index < -0.39 is 0 Å². The van der Waals surface area contributed by atoms with Crippen molar-refractivity contribution in [2.75, 3.05) is 5.32 Å². The number of aryl methyl sites for hydroxylation is 1. The van der Waals surface area contributed by atoms with Crippen molar-refractivity contribution in [2.45, 2.75) is 46.1 Å². The van der Waals surface area contributed by atoms with Crippen molar-refractivity contribution in [3.63, 3.8) is 0 Å². The van der Waals surface area contributed by atoms with E-state index in [2.05, 4.69) is 19.2 Å². The zero-order valence-corrected chi connectivity index (χ0v) is 11.8. The van der Waals surface area contributed by atoms with Gasteiger partial charge >= 0.3 is 0 Å². The largest absolute Gasteiger partial charge is 0.382 e. The van der Waals surface area contributed by atoms with Crippen LogP contribution in [0.4, 0.5) is 11.4 Å². The average molecular weight is 262 g/mol. The zero-order chi connectivity index (χ0) is 14.0. The predicted molar refractivity (Wildman–Crippen MR) is 77.4 cm³/mol. The van der Waals surface area contributed by atoms with Gasteiger partial charge in [-0.25, -0.2) is 0 Å². The maximum absolute atomic E-state index is 10.8. The van der Waals surface area contributed by atoms with Gasteiger partial charge in [0.25, 0.3) is 5.69 Å². The Balaban J connectivity index is 2.07. The summed E-state index contributed by atoms with van der Waals surface area (Å²) in [4.78, 5) is 10.5. The molecule has 1 fully saturated rings. The van der Waals surface area contributed by atoms with Crippen molar-refractivity contribution >= 4 is 11.4 Å². The van der Waals surface area contributed by atoms with E-state index in [-0.39, 0.29) is 10.6 Å². The van der Waals surface area contributed by atoms with Gasteiger partial charge in [-0.2, -0.15) is 0 Å². The number of hydrogen-bond acceptors (Lipinski definition) is 3. The first-order valence-electron chi connectivity index (χ1n) is 6.97. The highest BCUT2D eigenvalue weighted by Crippen LogP contribution is 2.31. The Kier molecular flexibility index (Phi) is 4.08. The molecule has 1 N–H and O–H groups in total. The maximum atomic E-state index is 10.8. The Hall–Kier alpha value is -1.58. The molecule has 4 heteroatoms. The summed E-state index contributed by atoms with van der Waals surface area (Å²) in [6.07, 6.45) is 3.66. The van der Waals surface area contributed by atoms with E-state index in [0.29, 0.717) is 11.6 Å². The lowest BCUT2D eigenvalue weighted by Gasteiger charge is -2.32. The van der Waals surface area contributed by atoms with Crippen LogP contribution in [0.3, 0.4) is 0 Å². The molecule has 4 nitrogen and oxygen atoms in total. The quantitative estimate of drug-likeness (QED) is 0.658. The first-order chi connectivity index (χ1) is 8.95. The van der Waals surface area contributed by atoms with Gasteiger partial charge < -0.3 is 5.32 Å². The Morgan fingerprint density at radius 3 is 2.37 bits per heavy atom. The standard InChI is InChI=1S/C15H22N2O2/c1-10-6-11(2)8-14(7-10)16-13-4-5-15(17(18)19)12(3)9-13/h4-5,9-11,14,16H,6-8H2,1-3H3. The molecule has 104 valence electrons. The number of nitrogens with zero attached hydrogens (tertiary/aromatic N) is 1. The highest BCUT2D eigenvalue weighted by atomic mass is 16.6. The van der Waals surface area contributed by atoms with E-state index in [1.54, 1.807) is 13.0 Å². The summed E-state index contributed by atoms with van der Waals surface area (Å²) in [5.74, 6) is 1.50. The smallest absolute Gasteiger partial charge is 0.272 e. The van der Waals surface area contributed by atoms with Gasteiger partial charge in [0.15, 0.2) is 0 Å². The zero-order valence-electron chi connectivity index (χ0n) is 11.8. The molecule has 0 heterocycles. The molecule has 2 unspecified atom stereocenters. The van der Waals surface area contributed by atoms with Crippen molar-refractivity contribution < 1.29 is 4.92 Å². The van der Waals surface area contributed by atoms with Gasteiger partial charge in [-0.05, 0) is 50.2 Å². The molecule has 1 saturated carbocycles. The fraction of sp³-hybridized carbons (Fsp3) is 0.600. The van der Waals surface area contributed by atoms with Crippen LogP contribution >= 0.6 is 0 Å². The molecule has 2 rings (SSSR count). The number of benzene rings is 1. The fourth-order valence-electron chi connectivity index (χ4n) is 3.25. The molecule has 0 aromatic heterocycles. The molecule has 2 atom stereocenters. The molecule has 0 saturated heterocycles. The van der Waals surface area contributed by atoms with Gasteiger partial charge in [-0.3, -0.25) is 10.1 Å².